The lowest BCUT2D eigenvalue weighted by molar-refractivity contribution is -0.121. The summed E-state index contributed by atoms with van der Waals surface area (Å²) in [5.41, 5.74) is 2.81. The van der Waals surface area contributed by atoms with Gasteiger partial charge in [0.2, 0.25) is 0 Å². The molecule has 2 aromatic rings. The van der Waals surface area contributed by atoms with Crippen molar-refractivity contribution in [1.29, 1.82) is 5.26 Å². The van der Waals surface area contributed by atoms with E-state index < -0.39 is 5.92 Å². The number of nitrogens with zero attached hydrogens (tertiary/aromatic N) is 2. The number of carbonyl (C=O) groups excluding carboxylic acids is 1. The molecule has 0 radical (unpaired) electrons. The predicted octanol–water partition coefficient (Wildman–Crippen LogP) is 2.60. The maximum atomic E-state index is 12.5. The number of Topliss-reactive ketones (excluding diaryl/α,β-unsaturated/α-hetero) is 1. The van der Waals surface area contributed by atoms with E-state index in [9.17, 15) is 10.1 Å². The molecule has 0 N–H and O–H groups in total. The molecule has 3 rings (SSSR count). The second-order valence-corrected chi connectivity index (χ2v) is 4.67. The fourth-order valence-corrected chi connectivity index (χ4v) is 2.54. The van der Waals surface area contributed by atoms with Gasteiger partial charge in [-0.2, -0.15) is 5.26 Å². The maximum Gasteiger partial charge on any atom is 0.163 e. The van der Waals surface area contributed by atoms with E-state index in [0.717, 1.165) is 12.0 Å². The molecular weight excluding hydrogens is 236 g/mol. The third kappa shape index (κ3) is 1.92. The third-order valence-electron chi connectivity index (χ3n) is 3.60. The largest absolute Gasteiger partial charge is 0.297 e. The number of hydrogen-bond donors (Lipinski definition) is 0. The molecule has 3 nitrogen and oxygen atoms in total. The summed E-state index contributed by atoms with van der Waals surface area (Å²) in [5.74, 6) is -0.956. The van der Waals surface area contributed by atoms with Gasteiger partial charge in [-0.1, -0.05) is 30.3 Å². The topological polar surface area (TPSA) is 53.8 Å². The van der Waals surface area contributed by atoms with Gasteiger partial charge >= 0.3 is 0 Å². The Bertz CT molecular complexity index is 658. The minimum Gasteiger partial charge on any atom is -0.297 e. The molecule has 1 aliphatic carbocycles. The molecule has 0 saturated carbocycles. The molecule has 92 valence electrons. The molecule has 0 aliphatic heterocycles. The fraction of sp³-hybridized carbons (Fsp3) is 0.188. The lowest BCUT2D eigenvalue weighted by Crippen LogP contribution is -2.29. The molecule has 1 heterocycles. The highest BCUT2D eigenvalue weighted by Gasteiger charge is 2.36. The zero-order chi connectivity index (χ0) is 13.2. The standard InChI is InChI=1S/C16H12N2O/c17-10-14(15-7-3-4-8-18-15)16(19)13-9-11-5-1-2-6-12(11)13/h1-8,13-14H,9H2. The molecule has 2 unspecified atom stereocenters. The first-order chi connectivity index (χ1) is 9.31. The minimum atomic E-state index is -0.764. The minimum absolute atomic E-state index is 0.0418. The van der Waals surface area contributed by atoms with Gasteiger partial charge in [0.05, 0.1) is 11.8 Å². The van der Waals surface area contributed by atoms with Crippen LogP contribution in [0.1, 0.15) is 28.7 Å². The quantitative estimate of drug-likeness (QED) is 0.839. The molecular formula is C16H12N2O. The molecule has 19 heavy (non-hydrogen) atoms. The number of nitriles is 1. The van der Waals surface area contributed by atoms with Crippen molar-refractivity contribution in [2.45, 2.75) is 18.3 Å². The van der Waals surface area contributed by atoms with Crippen molar-refractivity contribution in [1.82, 2.24) is 4.98 Å². The first-order valence-electron chi connectivity index (χ1n) is 6.23. The molecule has 2 atom stereocenters. The van der Waals surface area contributed by atoms with Gasteiger partial charge < -0.3 is 0 Å². The van der Waals surface area contributed by atoms with E-state index in [2.05, 4.69) is 11.1 Å². The van der Waals surface area contributed by atoms with E-state index in [0.29, 0.717) is 5.69 Å². The van der Waals surface area contributed by atoms with Crippen molar-refractivity contribution >= 4 is 5.78 Å². The molecule has 0 bridgehead atoms. The van der Waals surface area contributed by atoms with Crippen LogP contribution < -0.4 is 0 Å². The van der Waals surface area contributed by atoms with Crippen molar-refractivity contribution in [3.05, 3.63) is 65.5 Å². The van der Waals surface area contributed by atoms with Gasteiger partial charge in [-0.15, -0.1) is 0 Å². The van der Waals surface area contributed by atoms with Crippen LogP contribution in [0.2, 0.25) is 0 Å². The van der Waals surface area contributed by atoms with Crippen LogP contribution in [0.15, 0.2) is 48.7 Å². The summed E-state index contributed by atoms with van der Waals surface area (Å²) in [7, 11) is 0. The summed E-state index contributed by atoms with van der Waals surface area (Å²) in [6, 6.07) is 15.3. The third-order valence-corrected chi connectivity index (χ3v) is 3.60. The highest BCUT2D eigenvalue weighted by atomic mass is 16.1. The highest BCUT2D eigenvalue weighted by molar-refractivity contribution is 5.95. The van der Waals surface area contributed by atoms with Crippen molar-refractivity contribution < 1.29 is 4.79 Å². The number of fused-ring (bicyclic) bond motifs is 1. The van der Waals surface area contributed by atoms with Gasteiger partial charge in [0.25, 0.3) is 0 Å². The number of ketones is 1. The molecule has 0 fully saturated rings. The Labute approximate surface area is 111 Å². The zero-order valence-corrected chi connectivity index (χ0v) is 10.3. The summed E-state index contributed by atoms with van der Waals surface area (Å²) in [4.78, 5) is 16.6. The van der Waals surface area contributed by atoms with Gasteiger partial charge in [0, 0.05) is 12.1 Å². The summed E-state index contributed by atoms with van der Waals surface area (Å²) in [6.07, 6.45) is 2.35. The van der Waals surface area contributed by atoms with Gasteiger partial charge in [-0.25, -0.2) is 0 Å². The number of rotatable bonds is 3. The lowest BCUT2D eigenvalue weighted by Gasteiger charge is -2.29. The van der Waals surface area contributed by atoms with Gasteiger partial charge in [0.15, 0.2) is 5.78 Å². The number of pyridine rings is 1. The summed E-state index contributed by atoms with van der Waals surface area (Å²) >= 11 is 0. The monoisotopic (exact) mass is 248 g/mol. The van der Waals surface area contributed by atoms with E-state index in [4.69, 9.17) is 0 Å². The van der Waals surface area contributed by atoms with Crippen LogP contribution in [0, 0.1) is 11.3 Å². The Hall–Kier alpha value is -2.47. The predicted molar refractivity (Wildman–Crippen MR) is 70.5 cm³/mol. The van der Waals surface area contributed by atoms with Gasteiger partial charge in [0.1, 0.15) is 5.92 Å². The van der Waals surface area contributed by atoms with Crippen molar-refractivity contribution in [2.75, 3.05) is 0 Å². The maximum absolute atomic E-state index is 12.5. The molecule has 1 aliphatic rings. The zero-order valence-electron chi connectivity index (χ0n) is 10.3. The second kappa shape index (κ2) is 4.66. The van der Waals surface area contributed by atoms with E-state index in [1.807, 2.05) is 24.3 Å². The van der Waals surface area contributed by atoms with Crippen molar-refractivity contribution in [3.8, 4) is 6.07 Å². The summed E-state index contributed by atoms with van der Waals surface area (Å²) in [5, 5.41) is 9.26. The first kappa shape index (κ1) is 11.6. The smallest absolute Gasteiger partial charge is 0.163 e. The van der Waals surface area contributed by atoms with Crippen molar-refractivity contribution in [3.63, 3.8) is 0 Å². The normalized spacial score (nSPS) is 17.7. The first-order valence-corrected chi connectivity index (χ1v) is 6.23. The van der Waals surface area contributed by atoms with Crippen molar-refractivity contribution in [2.24, 2.45) is 0 Å². The van der Waals surface area contributed by atoms with E-state index in [1.54, 1.807) is 24.4 Å². The lowest BCUT2D eigenvalue weighted by atomic mass is 9.72. The van der Waals surface area contributed by atoms with E-state index >= 15 is 0 Å². The van der Waals surface area contributed by atoms with Crippen LogP contribution in [0.3, 0.4) is 0 Å². The molecule has 0 amide bonds. The van der Waals surface area contributed by atoms with E-state index in [1.165, 1.54) is 5.56 Å². The average Bonchev–Trinajstić information content (AvgIpc) is 2.42. The average molecular weight is 248 g/mol. The summed E-state index contributed by atoms with van der Waals surface area (Å²) < 4.78 is 0. The number of aromatic nitrogens is 1. The van der Waals surface area contributed by atoms with Crippen LogP contribution >= 0.6 is 0 Å². The number of carbonyl (C=O) groups is 1. The Kier molecular flexibility index (Phi) is 2.85. The molecule has 3 heteroatoms. The Morgan fingerprint density at radius 3 is 2.74 bits per heavy atom. The number of hydrogen-bond acceptors (Lipinski definition) is 3. The summed E-state index contributed by atoms with van der Waals surface area (Å²) in [6.45, 7) is 0. The van der Waals surface area contributed by atoms with Crippen LogP contribution in [-0.2, 0) is 11.2 Å². The molecule has 0 spiro atoms. The van der Waals surface area contributed by atoms with Crippen LogP contribution in [0.4, 0.5) is 0 Å². The molecule has 0 saturated heterocycles. The van der Waals surface area contributed by atoms with Crippen LogP contribution in [0.5, 0.6) is 0 Å². The second-order valence-electron chi connectivity index (χ2n) is 4.67. The Morgan fingerprint density at radius 2 is 2.05 bits per heavy atom. The van der Waals surface area contributed by atoms with E-state index in [-0.39, 0.29) is 11.7 Å². The number of benzene rings is 1. The molecule has 1 aromatic heterocycles. The van der Waals surface area contributed by atoms with Crippen LogP contribution in [-0.4, -0.2) is 10.8 Å². The van der Waals surface area contributed by atoms with Gasteiger partial charge in [-0.3, -0.25) is 9.78 Å². The SMILES string of the molecule is N#CC(C(=O)C1Cc2ccccc21)c1ccccn1. The Morgan fingerprint density at radius 1 is 1.26 bits per heavy atom. The molecule has 1 aromatic carbocycles. The fourth-order valence-electron chi connectivity index (χ4n) is 2.54. The highest BCUT2D eigenvalue weighted by Crippen LogP contribution is 2.38. The van der Waals surface area contributed by atoms with Crippen LogP contribution in [0.25, 0.3) is 0 Å². The Balaban J connectivity index is 1.88. The van der Waals surface area contributed by atoms with Gasteiger partial charge in [-0.05, 0) is 29.7 Å².